The second kappa shape index (κ2) is 12.6. The van der Waals surface area contributed by atoms with Crippen molar-refractivity contribution in [1.29, 1.82) is 0 Å². The highest BCUT2D eigenvalue weighted by atomic mass is 127. The van der Waals surface area contributed by atoms with Crippen molar-refractivity contribution in [2.45, 2.75) is 52.0 Å². The van der Waals surface area contributed by atoms with E-state index in [9.17, 15) is 0 Å². The van der Waals surface area contributed by atoms with Crippen LogP contribution in [0.5, 0.6) is 0 Å². The highest BCUT2D eigenvalue weighted by Crippen LogP contribution is 2.13. The fourth-order valence-electron chi connectivity index (χ4n) is 2.44. The molecule has 0 aliphatic rings. The summed E-state index contributed by atoms with van der Waals surface area (Å²) in [6, 6.07) is 6.00. The van der Waals surface area contributed by atoms with Crippen molar-refractivity contribution in [3.63, 3.8) is 0 Å². The molecule has 2 aromatic heterocycles. The van der Waals surface area contributed by atoms with E-state index in [-0.39, 0.29) is 24.0 Å². The largest absolute Gasteiger partial charge is 0.356 e. The lowest BCUT2D eigenvalue weighted by atomic mass is 10.1. The fourth-order valence-corrected chi connectivity index (χ4v) is 2.44. The van der Waals surface area contributed by atoms with Gasteiger partial charge in [-0.2, -0.15) is 4.98 Å². The molecule has 0 saturated heterocycles. The number of guanidine groups is 1. The van der Waals surface area contributed by atoms with Crippen LogP contribution in [0.3, 0.4) is 0 Å². The minimum absolute atomic E-state index is 0. The Kier molecular flexibility index (Phi) is 10.8. The van der Waals surface area contributed by atoms with Crippen LogP contribution in [0.1, 0.15) is 45.4 Å². The van der Waals surface area contributed by atoms with E-state index in [0.29, 0.717) is 36.4 Å². The maximum absolute atomic E-state index is 5.26. The Bertz CT molecular complexity index is 646. The lowest BCUT2D eigenvalue weighted by Gasteiger charge is -2.17. The molecule has 0 radical (unpaired) electrons. The normalized spacial score (nSPS) is 12.3. The van der Waals surface area contributed by atoms with E-state index < -0.39 is 0 Å². The van der Waals surface area contributed by atoms with Crippen LogP contribution in [0.15, 0.2) is 33.9 Å². The van der Waals surface area contributed by atoms with Crippen molar-refractivity contribution in [2.24, 2.45) is 4.99 Å². The van der Waals surface area contributed by atoms with Crippen molar-refractivity contribution in [3.05, 3.63) is 30.2 Å². The monoisotopic (exact) mass is 472 g/mol. The van der Waals surface area contributed by atoms with Gasteiger partial charge in [0.25, 0.3) is 5.89 Å². The number of hydrogen-bond acceptors (Lipinski definition) is 5. The quantitative estimate of drug-likeness (QED) is 0.252. The maximum atomic E-state index is 5.26. The van der Waals surface area contributed by atoms with E-state index in [2.05, 4.69) is 44.6 Å². The lowest BCUT2D eigenvalue weighted by Crippen LogP contribution is -2.42. The molecule has 144 valence electrons. The van der Waals surface area contributed by atoms with Gasteiger partial charge in [-0.25, -0.2) is 0 Å². The summed E-state index contributed by atoms with van der Waals surface area (Å²) in [6.07, 6.45) is 7.26. The molecule has 0 amide bonds. The first-order chi connectivity index (χ1) is 12.2. The summed E-state index contributed by atoms with van der Waals surface area (Å²) < 4.78 is 5.26. The molecule has 0 aromatic carbocycles. The molecule has 26 heavy (non-hydrogen) atoms. The number of rotatable bonds is 9. The summed E-state index contributed by atoms with van der Waals surface area (Å²) in [5.74, 6) is 1.90. The van der Waals surface area contributed by atoms with Gasteiger partial charge in [0.15, 0.2) is 11.8 Å². The molecular formula is C18H29IN6O. The third kappa shape index (κ3) is 7.67. The molecule has 1 atom stereocenters. The van der Waals surface area contributed by atoms with E-state index in [1.807, 2.05) is 18.2 Å². The fraction of sp³-hybridized carbons (Fsp3) is 0.556. The van der Waals surface area contributed by atoms with E-state index in [0.717, 1.165) is 12.4 Å². The molecule has 0 saturated carbocycles. The molecular weight excluding hydrogens is 443 g/mol. The summed E-state index contributed by atoms with van der Waals surface area (Å²) in [4.78, 5) is 12.8. The Labute approximate surface area is 172 Å². The van der Waals surface area contributed by atoms with Gasteiger partial charge in [0.2, 0.25) is 0 Å². The van der Waals surface area contributed by atoms with Crippen LogP contribution >= 0.6 is 24.0 Å². The zero-order chi connectivity index (χ0) is 17.9. The van der Waals surface area contributed by atoms with Crippen LogP contribution in [0, 0.1) is 0 Å². The van der Waals surface area contributed by atoms with Crippen molar-refractivity contribution in [1.82, 2.24) is 25.8 Å². The Balaban J connectivity index is 0.00000338. The summed E-state index contributed by atoms with van der Waals surface area (Å²) >= 11 is 0. The zero-order valence-corrected chi connectivity index (χ0v) is 18.1. The second-order valence-electron chi connectivity index (χ2n) is 6.02. The van der Waals surface area contributed by atoms with Gasteiger partial charge < -0.3 is 15.2 Å². The SMILES string of the molecule is CCCCCC(C)NC(=NC)NCCc1noc(-c2ccccn2)n1.I. The number of nitrogens with one attached hydrogen (secondary N) is 2. The van der Waals surface area contributed by atoms with Crippen molar-refractivity contribution in [2.75, 3.05) is 13.6 Å². The maximum Gasteiger partial charge on any atom is 0.276 e. The van der Waals surface area contributed by atoms with Crippen LogP contribution in [0.2, 0.25) is 0 Å². The summed E-state index contributed by atoms with van der Waals surface area (Å²) in [6.45, 7) is 5.08. The molecule has 2 N–H and O–H groups in total. The van der Waals surface area contributed by atoms with E-state index >= 15 is 0 Å². The van der Waals surface area contributed by atoms with Gasteiger partial charge in [0.05, 0.1) is 0 Å². The summed E-state index contributed by atoms with van der Waals surface area (Å²) in [5.41, 5.74) is 0.688. The average molecular weight is 472 g/mol. The third-order valence-electron chi connectivity index (χ3n) is 3.84. The number of aliphatic imine (C=N–C) groups is 1. The number of halogens is 1. The molecule has 1 unspecified atom stereocenters. The first kappa shape index (κ1) is 22.3. The summed E-state index contributed by atoms with van der Waals surface area (Å²) in [7, 11) is 1.78. The molecule has 0 bridgehead atoms. The topological polar surface area (TPSA) is 88.2 Å². The standard InChI is InChI=1S/C18H28N6O.HI/c1-4-5-6-9-14(2)22-18(19-3)21-13-11-16-23-17(25-24-16)15-10-7-8-12-20-15;/h7-8,10,12,14H,4-6,9,11,13H2,1-3H3,(H2,19,21,22);1H. The van der Waals surface area contributed by atoms with Gasteiger partial charge in [-0.05, 0) is 25.5 Å². The molecule has 0 fully saturated rings. The van der Waals surface area contributed by atoms with Crippen molar-refractivity contribution in [3.8, 4) is 11.6 Å². The number of nitrogens with zero attached hydrogens (tertiary/aromatic N) is 4. The van der Waals surface area contributed by atoms with E-state index in [4.69, 9.17) is 4.52 Å². The highest BCUT2D eigenvalue weighted by molar-refractivity contribution is 14.0. The Hall–Kier alpha value is -1.71. The molecule has 0 aliphatic heterocycles. The molecule has 2 aromatic rings. The van der Waals surface area contributed by atoms with Crippen LogP contribution in [-0.4, -0.2) is 40.7 Å². The van der Waals surface area contributed by atoms with Crippen LogP contribution in [-0.2, 0) is 6.42 Å². The zero-order valence-electron chi connectivity index (χ0n) is 15.7. The summed E-state index contributed by atoms with van der Waals surface area (Å²) in [5, 5.41) is 10.7. The average Bonchev–Trinajstić information content (AvgIpc) is 3.11. The Morgan fingerprint density at radius 2 is 2.15 bits per heavy atom. The number of unbranched alkanes of at least 4 members (excludes halogenated alkanes) is 2. The predicted molar refractivity (Wildman–Crippen MR) is 115 cm³/mol. The first-order valence-electron chi connectivity index (χ1n) is 8.94. The van der Waals surface area contributed by atoms with Gasteiger partial charge in [-0.1, -0.05) is 37.4 Å². The molecule has 0 aliphatic carbocycles. The van der Waals surface area contributed by atoms with E-state index in [1.165, 1.54) is 19.3 Å². The molecule has 8 heteroatoms. The van der Waals surface area contributed by atoms with E-state index in [1.54, 1.807) is 13.2 Å². The molecule has 2 heterocycles. The van der Waals surface area contributed by atoms with Crippen LogP contribution < -0.4 is 10.6 Å². The van der Waals surface area contributed by atoms with Crippen LogP contribution in [0.4, 0.5) is 0 Å². The highest BCUT2D eigenvalue weighted by Gasteiger charge is 2.10. The Morgan fingerprint density at radius 3 is 2.85 bits per heavy atom. The van der Waals surface area contributed by atoms with Gasteiger partial charge >= 0.3 is 0 Å². The second-order valence-corrected chi connectivity index (χ2v) is 6.02. The van der Waals surface area contributed by atoms with Gasteiger partial charge in [0, 0.05) is 32.3 Å². The minimum Gasteiger partial charge on any atom is -0.356 e. The minimum atomic E-state index is 0. The number of pyridine rings is 1. The van der Waals surface area contributed by atoms with Gasteiger partial charge in [-0.15, -0.1) is 24.0 Å². The first-order valence-corrected chi connectivity index (χ1v) is 8.94. The molecule has 7 nitrogen and oxygen atoms in total. The smallest absolute Gasteiger partial charge is 0.276 e. The number of aromatic nitrogens is 3. The van der Waals surface area contributed by atoms with Crippen molar-refractivity contribution >= 4 is 29.9 Å². The van der Waals surface area contributed by atoms with Crippen molar-refractivity contribution < 1.29 is 4.52 Å². The predicted octanol–water partition coefficient (Wildman–Crippen LogP) is 3.43. The molecule has 0 spiro atoms. The van der Waals surface area contributed by atoms with Crippen LogP contribution in [0.25, 0.3) is 11.6 Å². The Morgan fingerprint density at radius 1 is 1.31 bits per heavy atom. The third-order valence-corrected chi connectivity index (χ3v) is 3.84. The molecule has 2 rings (SSSR count). The number of hydrogen-bond donors (Lipinski definition) is 2. The van der Waals surface area contributed by atoms with Gasteiger partial charge in [0.1, 0.15) is 5.69 Å². The van der Waals surface area contributed by atoms with Gasteiger partial charge in [-0.3, -0.25) is 9.98 Å². The lowest BCUT2D eigenvalue weighted by molar-refractivity contribution is 0.421.